The summed E-state index contributed by atoms with van der Waals surface area (Å²) in [4.78, 5) is 11.7. The van der Waals surface area contributed by atoms with Crippen LogP contribution < -0.4 is 5.32 Å². The molecule has 0 spiro atoms. The zero-order chi connectivity index (χ0) is 14.5. The monoisotopic (exact) mass is 279 g/mol. The van der Waals surface area contributed by atoms with Gasteiger partial charge in [-0.15, -0.1) is 6.58 Å². The normalized spacial score (nSPS) is 16.0. The van der Waals surface area contributed by atoms with Crippen molar-refractivity contribution >= 4 is 5.91 Å². The standard InChI is InChI=1S/C18H33NO/c1-2-3-4-5-6-7-8-12-15-18(20)19-16-17-13-10-9-11-14-17/h2,17H,1,3-16H2,(H,19,20). The van der Waals surface area contributed by atoms with E-state index < -0.39 is 0 Å². The van der Waals surface area contributed by atoms with Crippen LogP contribution in [0.5, 0.6) is 0 Å². The SMILES string of the molecule is C=CCCCCCCCCC(=O)NCC1CCCCC1. The molecule has 0 aromatic rings. The Morgan fingerprint density at radius 1 is 1.00 bits per heavy atom. The van der Waals surface area contributed by atoms with E-state index in [-0.39, 0.29) is 5.91 Å². The number of nitrogens with one attached hydrogen (secondary N) is 1. The van der Waals surface area contributed by atoms with Crippen molar-refractivity contribution in [2.75, 3.05) is 6.54 Å². The lowest BCUT2D eigenvalue weighted by Crippen LogP contribution is -2.29. The molecule has 20 heavy (non-hydrogen) atoms. The Hall–Kier alpha value is -0.790. The van der Waals surface area contributed by atoms with Crippen molar-refractivity contribution in [3.8, 4) is 0 Å². The summed E-state index contributed by atoms with van der Waals surface area (Å²) in [5, 5.41) is 3.12. The van der Waals surface area contributed by atoms with Gasteiger partial charge in [-0.2, -0.15) is 0 Å². The summed E-state index contributed by atoms with van der Waals surface area (Å²) in [6.07, 6.45) is 18.0. The van der Waals surface area contributed by atoms with Crippen molar-refractivity contribution in [1.29, 1.82) is 0 Å². The Bertz CT molecular complexity index is 256. The highest BCUT2D eigenvalue weighted by Crippen LogP contribution is 2.22. The first-order valence-electron chi connectivity index (χ1n) is 8.70. The molecule has 0 saturated heterocycles. The second-order valence-corrected chi connectivity index (χ2v) is 6.26. The summed E-state index contributed by atoms with van der Waals surface area (Å²) >= 11 is 0. The number of hydrogen-bond donors (Lipinski definition) is 1. The number of unbranched alkanes of at least 4 members (excludes halogenated alkanes) is 6. The molecule has 0 aromatic carbocycles. The number of allylic oxidation sites excluding steroid dienone is 1. The average Bonchev–Trinajstić information content (AvgIpc) is 2.49. The van der Waals surface area contributed by atoms with Crippen molar-refractivity contribution < 1.29 is 4.79 Å². The van der Waals surface area contributed by atoms with Gasteiger partial charge in [0.15, 0.2) is 0 Å². The Labute approximate surface area is 125 Å². The number of rotatable bonds is 11. The van der Waals surface area contributed by atoms with Gasteiger partial charge in [0, 0.05) is 13.0 Å². The first kappa shape index (κ1) is 17.3. The molecule has 1 fully saturated rings. The lowest BCUT2D eigenvalue weighted by atomic mass is 9.89. The van der Waals surface area contributed by atoms with E-state index in [1.54, 1.807) is 0 Å². The fourth-order valence-corrected chi connectivity index (χ4v) is 3.02. The van der Waals surface area contributed by atoms with Crippen LogP contribution in [0.3, 0.4) is 0 Å². The maximum atomic E-state index is 11.7. The van der Waals surface area contributed by atoms with Crippen LogP contribution in [0.4, 0.5) is 0 Å². The van der Waals surface area contributed by atoms with Crippen LogP contribution in [-0.2, 0) is 4.79 Å². The molecule has 1 N–H and O–H groups in total. The number of hydrogen-bond acceptors (Lipinski definition) is 1. The summed E-state index contributed by atoms with van der Waals surface area (Å²) in [7, 11) is 0. The van der Waals surface area contributed by atoms with E-state index in [0.717, 1.165) is 31.7 Å². The lowest BCUT2D eigenvalue weighted by molar-refractivity contribution is -0.121. The first-order valence-corrected chi connectivity index (χ1v) is 8.70. The molecule has 0 heterocycles. The molecule has 1 aliphatic carbocycles. The van der Waals surface area contributed by atoms with Gasteiger partial charge < -0.3 is 5.32 Å². The predicted octanol–water partition coefficient (Wildman–Crippen LogP) is 4.99. The van der Waals surface area contributed by atoms with Gasteiger partial charge in [0.05, 0.1) is 0 Å². The third kappa shape index (κ3) is 9.17. The van der Waals surface area contributed by atoms with Crippen LogP contribution in [0.1, 0.15) is 83.5 Å². The van der Waals surface area contributed by atoms with E-state index in [0.29, 0.717) is 0 Å². The van der Waals surface area contributed by atoms with Gasteiger partial charge in [0.2, 0.25) is 5.91 Å². The summed E-state index contributed by atoms with van der Waals surface area (Å²) in [5.41, 5.74) is 0. The Balaban J connectivity index is 1.86. The van der Waals surface area contributed by atoms with Crippen LogP contribution in [0, 0.1) is 5.92 Å². The van der Waals surface area contributed by atoms with Gasteiger partial charge in [-0.05, 0) is 38.0 Å². The minimum Gasteiger partial charge on any atom is -0.356 e. The second-order valence-electron chi connectivity index (χ2n) is 6.26. The van der Waals surface area contributed by atoms with Gasteiger partial charge in [-0.1, -0.05) is 51.0 Å². The maximum absolute atomic E-state index is 11.7. The van der Waals surface area contributed by atoms with E-state index in [1.807, 2.05) is 6.08 Å². The third-order valence-electron chi connectivity index (χ3n) is 4.37. The van der Waals surface area contributed by atoms with E-state index in [1.165, 1.54) is 64.2 Å². The molecule has 0 radical (unpaired) electrons. The molecule has 116 valence electrons. The van der Waals surface area contributed by atoms with Gasteiger partial charge in [-0.3, -0.25) is 4.79 Å². The Morgan fingerprint density at radius 3 is 2.35 bits per heavy atom. The van der Waals surface area contributed by atoms with Crippen molar-refractivity contribution in [3.05, 3.63) is 12.7 Å². The van der Waals surface area contributed by atoms with Crippen molar-refractivity contribution in [2.45, 2.75) is 83.5 Å². The smallest absolute Gasteiger partial charge is 0.220 e. The highest BCUT2D eigenvalue weighted by molar-refractivity contribution is 5.75. The minimum atomic E-state index is 0.266. The Kier molecular flexibility index (Phi) is 10.3. The van der Waals surface area contributed by atoms with Gasteiger partial charge in [-0.25, -0.2) is 0 Å². The van der Waals surface area contributed by atoms with Crippen LogP contribution in [0.15, 0.2) is 12.7 Å². The van der Waals surface area contributed by atoms with Crippen LogP contribution in [-0.4, -0.2) is 12.5 Å². The number of carbonyl (C=O) groups excluding carboxylic acids is 1. The molecule has 0 aromatic heterocycles. The molecule has 1 rings (SSSR count). The van der Waals surface area contributed by atoms with Gasteiger partial charge in [0.25, 0.3) is 0 Å². The minimum absolute atomic E-state index is 0.266. The third-order valence-corrected chi connectivity index (χ3v) is 4.37. The summed E-state index contributed by atoms with van der Waals surface area (Å²) in [6.45, 7) is 4.65. The summed E-state index contributed by atoms with van der Waals surface area (Å²) in [6, 6.07) is 0. The van der Waals surface area contributed by atoms with E-state index in [2.05, 4.69) is 11.9 Å². The second kappa shape index (κ2) is 12.0. The fraction of sp³-hybridized carbons (Fsp3) is 0.833. The van der Waals surface area contributed by atoms with E-state index >= 15 is 0 Å². The number of carbonyl (C=O) groups is 1. The molecule has 2 heteroatoms. The summed E-state index contributed by atoms with van der Waals surface area (Å²) < 4.78 is 0. The zero-order valence-electron chi connectivity index (χ0n) is 13.2. The predicted molar refractivity (Wildman–Crippen MR) is 86.7 cm³/mol. The molecule has 2 nitrogen and oxygen atoms in total. The van der Waals surface area contributed by atoms with Crippen LogP contribution in [0.25, 0.3) is 0 Å². The highest BCUT2D eigenvalue weighted by atomic mass is 16.1. The number of amides is 1. The van der Waals surface area contributed by atoms with E-state index in [4.69, 9.17) is 0 Å². The molecular weight excluding hydrogens is 246 g/mol. The van der Waals surface area contributed by atoms with E-state index in [9.17, 15) is 4.79 Å². The maximum Gasteiger partial charge on any atom is 0.220 e. The van der Waals surface area contributed by atoms with Crippen molar-refractivity contribution in [2.24, 2.45) is 5.92 Å². The Morgan fingerprint density at radius 2 is 1.65 bits per heavy atom. The van der Waals surface area contributed by atoms with Gasteiger partial charge >= 0.3 is 0 Å². The molecule has 1 amide bonds. The fourth-order valence-electron chi connectivity index (χ4n) is 3.02. The topological polar surface area (TPSA) is 29.1 Å². The summed E-state index contributed by atoms with van der Waals surface area (Å²) in [5.74, 6) is 1.01. The van der Waals surface area contributed by atoms with Gasteiger partial charge in [0.1, 0.15) is 0 Å². The van der Waals surface area contributed by atoms with Crippen LogP contribution in [0.2, 0.25) is 0 Å². The average molecular weight is 279 g/mol. The molecule has 0 unspecified atom stereocenters. The zero-order valence-corrected chi connectivity index (χ0v) is 13.2. The van der Waals surface area contributed by atoms with Crippen LogP contribution >= 0.6 is 0 Å². The van der Waals surface area contributed by atoms with Crippen molar-refractivity contribution in [3.63, 3.8) is 0 Å². The quantitative estimate of drug-likeness (QED) is 0.419. The highest BCUT2D eigenvalue weighted by Gasteiger charge is 2.13. The molecule has 1 aliphatic rings. The molecule has 0 bridgehead atoms. The molecule has 1 saturated carbocycles. The largest absolute Gasteiger partial charge is 0.356 e. The first-order chi connectivity index (χ1) is 9.83. The molecule has 0 atom stereocenters. The molecule has 0 aliphatic heterocycles. The lowest BCUT2D eigenvalue weighted by Gasteiger charge is -2.21. The molecular formula is C18H33NO. The van der Waals surface area contributed by atoms with Crippen molar-refractivity contribution in [1.82, 2.24) is 5.32 Å².